The first-order chi connectivity index (χ1) is 11.7. The summed E-state index contributed by atoms with van der Waals surface area (Å²) in [6, 6.07) is 9.65. The lowest BCUT2D eigenvalue weighted by Gasteiger charge is -2.17. The average molecular weight is 589 g/mol. The van der Waals surface area contributed by atoms with E-state index in [1.807, 2.05) is 12.1 Å². The first-order valence-corrected chi connectivity index (χ1v) is 11.3. The molecule has 25 heavy (non-hydrogen) atoms. The van der Waals surface area contributed by atoms with E-state index in [9.17, 15) is 18.6 Å². The second-order valence-electron chi connectivity index (χ2n) is 5.46. The molecule has 0 bridgehead atoms. The molecule has 3 N–H and O–H groups in total. The van der Waals surface area contributed by atoms with Crippen molar-refractivity contribution in [1.82, 2.24) is 4.72 Å². The summed E-state index contributed by atoms with van der Waals surface area (Å²) in [6.07, 6.45) is 1.44. The highest BCUT2D eigenvalue weighted by molar-refractivity contribution is 14.1. The predicted octanol–water partition coefficient (Wildman–Crippen LogP) is 2.85. The highest BCUT2D eigenvalue weighted by atomic mass is 127. The standard InChI is InChI=1S/C16H17I2NO5S/c1-25(22,23)19-11(9-20)6-10-7-14(17)16(15(18)8-10)24-13-4-2-12(21)3-5-13/h2-5,7-8,11,19-21H,6,9H2,1H3. The number of ether oxygens (including phenoxy) is 1. The number of aromatic hydroxyl groups is 1. The molecule has 1 atom stereocenters. The number of sulfonamides is 1. The lowest BCUT2D eigenvalue weighted by molar-refractivity contribution is 0.256. The van der Waals surface area contributed by atoms with Crippen LogP contribution < -0.4 is 9.46 Å². The van der Waals surface area contributed by atoms with Gasteiger partial charge < -0.3 is 14.9 Å². The van der Waals surface area contributed by atoms with Crippen LogP contribution in [0.3, 0.4) is 0 Å². The third-order valence-corrected chi connectivity index (χ3v) is 5.56. The monoisotopic (exact) mass is 589 g/mol. The SMILES string of the molecule is CS(=O)(=O)NC(CO)Cc1cc(I)c(Oc2ccc(O)cc2)c(I)c1. The van der Waals surface area contributed by atoms with E-state index in [0.717, 1.165) is 19.0 Å². The van der Waals surface area contributed by atoms with Crippen molar-refractivity contribution in [3.8, 4) is 17.2 Å². The summed E-state index contributed by atoms with van der Waals surface area (Å²) < 4.78 is 32.7. The molecule has 0 aliphatic rings. The number of aliphatic hydroxyl groups is 1. The van der Waals surface area contributed by atoms with Gasteiger partial charge in [0.25, 0.3) is 0 Å². The smallest absolute Gasteiger partial charge is 0.209 e. The summed E-state index contributed by atoms with van der Waals surface area (Å²) in [4.78, 5) is 0. The van der Waals surface area contributed by atoms with E-state index < -0.39 is 16.1 Å². The quantitative estimate of drug-likeness (QED) is 0.432. The molecule has 0 amide bonds. The predicted molar refractivity (Wildman–Crippen MR) is 113 cm³/mol. The molecule has 6 nitrogen and oxygen atoms in total. The normalized spacial score (nSPS) is 12.8. The minimum atomic E-state index is -3.39. The number of phenolic OH excluding ortho intramolecular Hbond substituents is 1. The number of phenols is 1. The number of hydrogen-bond acceptors (Lipinski definition) is 5. The Hall–Kier alpha value is -0.630. The van der Waals surface area contributed by atoms with Crippen LogP contribution in [-0.4, -0.2) is 37.5 Å². The van der Waals surface area contributed by atoms with Gasteiger partial charge in [-0.05, 0) is 93.6 Å². The second-order valence-corrected chi connectivity index (χ2v) is 9.56. The maximum Gasteiger partial charge on any atom is 0.209 e. The number of benzene rings is 2. The molecule has 0 heterocycles. The number of nitrogens with one attached hydrogen (secondary N) is 1. The number of hydrogen-bond donors (Lipinski definition) is 3. The summed E-state index contributed by atoms with van der Waals surface area (Å²) in [7, 11) is -3.39. The maximum absolute atomic E-state index is 11.3. The van der Waals surface area contributed by atoms with E-state index in [4.69, 9.17) is 4.74 Å². The highest BCUT2D eigenvalue weighted by Gasteiger charge is 2.16. The minimum absolute atomic E-state index is 0.167. The third-order valence-electron chi connectivity index (χ3n) is 3.20. The molecule has 0 aromatic heterocycles. The fraction of sp³-hybridized carbons (Fsp3) is 0.250. The number of rotatable bonds is 7. The fourth-order valence-corrected chi connectivity index (χ4v) is 5.07. The summed E-state index contributed by atoms with van der Waals surface area (Å²) in [6.45, 7) is -0.286. The largest absolute Gasteiger partial charge is 0.508 e. The van der Waals surface area contributed by atoms with Crippen molar-refractivity contribution in [3.05, 3.63) is 49.1 Å². The summed E-state index contributed by atoms with van der Waals surface area (Å²) in [5.74, 6) is 1.46. The van der Waals surface area contributed by atoms with Crippen LogP contribution >= 0.6 is 45.2 Å². The molecule has 2 rings (SSSR count). The van der Waals surface area contributed by atoms with Crippen LogP contribution in [0.1, 0.15) is 5.56 Å². The molecule has 136 valence electrons. The Morgan fingerprint density at radius 3 is 2.20 bits per heavy atom. The summed E-state index contributed by atoms with van der Waals surface area (Å²) in [5, 5.41) is 18.7. The number of halogens is 2. The molecule has 9 heteroatoms. The molecular weight excluding hydrogens is 572 g/mol. The lowest BCUT2D eigenvalue weighted by atomic mass is 10.1. The number of aliphatic hydroxyl groups excluding tert-OH is 1. The Kier molecular flexibility index (Phi) is 7.31. The van der Waals surface area contributed by atoms with Crippen molar-refractivity contribution in [1.29, 1.82) is 0 Å². The topological polar surface area (TPSA) is 95.9 Å². The van der Waals surface area contributed by atoms with E-state index in [0.29, 0.717) is 17.9 Å². The van der Waals surface area contributed by atoms with Crippen molar-refractivity contribution in [2.75, 3.05) is 12.9 Å². The van der Waals surface area contributed by atoms with Crippen LogP contribution in [0.4, 0.5) is 0 Å². The molecule has 0 radical (unpaired) electrons. The van der Waals surface area contributed by atoms with Crippen LogP contribution in [-0.2, 0) is 16.4 Å². The van der Waals surface area contributed by atoms with Crippen LogP contribution in [0, 0.1) is 7.14 Å². The zero-order chi connectivity index (χ0) is 18.6. The first-order valence-electron chi connectivity index (χ1n) is 7.21. The average Bonchev–Trinajstić information content (AvgIpc) is 2.50. The molecule has 0 aliphatic carbocycles. The second kappa shape index (κ2) is 8.84. The molecule has 0 spiro atoms. The Morgan fingerprint density at radius 1 is 1.16 bits per heavy atom. The van der Waals surface area contributed by atoms with Gasteiger partial charge in [-0.1, -0.05) is 0 Å². The van der Waals surface area contributed by atoms with Gasteiger partial charge in [-0.25, -0.2) is 13.1 Å². The molecule has 0 fully saturated rings. The van der Waals surface area contributed by atoms with Gasteiger partial charge in [0.05, 0.1) is 20.0 Å². The highest BCUT2D eigenvalue weighted by Crippen LogP contribution is 2.33. The van der Waals surface area contributed by atoms with Gasteiger partial charge in [-0.15, -0.1) is 0 Å². The fourth-order valence-electron chi connectivity index (χ4n) is 2.19. The van der Waals surface area contributed by atoms with Crippen molar-refractivity contribution in [2.45, 2.75) is 12.5 Å². The third kappa shape index (κ3) is 6.55. The molecule has 2 aromatic carbocycles. The van der Waals surface area contributed by atoms with Gasteiger partial charge in [0.2, 0.25) is 10.0 Å². The van der Waals surface area contributed by atoms with E-state index in [1.54, 1.807) is 24.3 Å². The zero-order valence-corrected chi connectivity index (χ0v) is 18.4. The Morgan fingerprint density at radius 2 is 1.72 bits per heavy atom. The Labute approximate surface area is 173 Å². The Bertz CT molecular complexity index is 817. The van der Waals surface area contributed by atoms with E-state index in [-0.39, 0.29) is 12.4 Å². The minimum Gasteiger partial charge on any atom is -0.508 e. The van der Waals surface area contributed by atoms with Gasteiger partial charge in [0.1, 0.15) is 11.5 Å². The van der Waals surface area contributed by atoms with Crippen molar-refractivity contribution in [3.63, 3.8) is 0 Å². The molecule has 0 aliphatic heterocycles. The van der Waals surface area contributed by atoms with E-state index >= 15 is 0 Å². The van der Waals surface area contributed by atoms with E-state index in [1.165, 1.54) is 0 Å². The molecule has 2 aromatic rings. The van der Waals surface area contributed by atoms with Gasteiger partial charge in [0, 0.05) is 6.04 Å². The van der Waals surface area contributed by atoms with Gasteiger partial charge in [-0.3, -0.25) is 0 Å². The van der Waals surface area contributed by atoms with E-state index in [2.05, 4.69) is 49.9 Å². The van der Waals surface area contributed by atoms with Gasteiger partial charge in [0.15, 0.2) is 5.75 Å². The molecule has 0 saturated carbocycles. The van der Waals surface area contributed by atoms with Crippen molar-refractivity contribution in [2.24, 2.45) is 0 Å². The zero-order valence-electron chi connectivity index (χ0n) is 13.2. The molecule has 0 saturated heterocycles. The lowest BCUT2D eigenvalue weighted by Crippen LogP contribution is -2.38. The summed E-state index contributed by atoms with van der Waals surface area (Å²) >= 11 is 4.30. The first kappa shape index (κ1) is 20.7. The Balaban J connectivity index is 2.20. The maximum atomic E-state index is 11.3. The van der Waals surface area contributed by atoms with Crippen LogP contribution in [0.5, 0.6) is 17.2 Å². The van der Waals surface area contributed by atoms with Crippen molar-refractivity contribution < 1.29 is 23.4 Å². The molecular formula is C16H17I2NO5S. The van der Waals surface area contributed by atoms with Gasteiger partial charge in [-0.2, -0.15) is 0 Å². The molecule has 1 unspecified atom stereocenters. The van der Waals surface area contributed by atoms with Crippen LogP contribution in [0.2, 0.25) is 0 Å². The summed E-state index contributed by atoms with van der Waals surface area (Å²) in [5.41, 5.74) is 0.891. The van der Waals surface area contributed by atoms with Gasteiger partial charge >= 0.3 is 0 Å². The van der Waals surface area contributed by atoms with Crippen molar-refractivity contribution >= 4 is 55.2 Å². The van der Waals surface area contributed by atoms with Crippen LogP contribution in [0.15, 0.2) is 36.4 Å². The van der Waals surface area contributed by atoms with Crippen LogP contribution in [0.25, 0.3) is 0 Å².